The van der Waals surface area contributed by atoms with Crippen LogP contribution in [0.25, 0.3) is 0 Å². The van der Waals surface area contributed by atoms with Crippen LogP contribution in [0.3, 0.4) is 0 Å². The number of nitrogens with zero attached hydrogens (tertiary/aromatic N) is 2. The number of amides is 5. The average molecular weight is 693 g/mol. The Morgan fingerprint density at radius 1 is 0.880 bits per heavy atom. The normalized spacial score (nSPS) is 21.9. The van der Waals surface area contributed by atoms with E-state index in [9.17, 15) is 32.8 Å². The predicted octanol–water partition coefficient (Wildman–Crippen LogP) is 1.66. The summed E-state index contributed by atoms with van der Waals surface area (Å²) in [6, 6.07) is 12.8. The number of rotatable bonds is 3. The summed E-state index contributed by atoms with van der Waals surface area (Å²) in [5.74, 6) is -4.40. The number of hydrogen-bond donors (Lipinski definition) is 4. The Bertz CT molecular complexity index is 1720. The van der Waals surface area contributed by atoms with Crippen LogP contribution in [0, 0.1) is 11.6 Å². The van der Waals surface area contributed by atoms with Gasteiger partial charge in [-0.15, -0.1) is 0 Å². The third kappa shape index (κ3) is 8.70. The fourth-order valence-electron chi connectivity index (χ4n) is 5.62. The topological polar surface area (TPSA) is 168 Å². The van der Waals surface area contributed by atoms with Gasteiger partial charge in [-0.05, 0) is 43.7 Å². The van der Waals surface area contributed by atoms with Gasteiger partial charge < -0.3 is 35.6 Å². The van der Waals surface area contributed by atoms with Crippen LogP contribution in [0.2, 0.25) is 0 Å². The molecule has 0 radical (unpaired) electrons. The second-order valence-electron chi connectivity index (χ2n) is 12.2. The first kappa shape index (κ1) is 35.7. The van der Waals surface area contributed by atoms with Crippen LogP contribution >= 0.6 is 0 Å². The van der Waals surface area contributed by atoms with Gasteiger partial charge in [-0.25, -0.2) is 13.8 Å². The zero-order valence-corrected chi connectivity index (χ0v) is 27.5. The summed E-state index contributed by atoms with van der Waals surface area (Å²) < 4.78 is 39.8. The molecule has 1 fully saturated rings. The molecule has 4 N–H and O–H groups in total. The third-order valence-electron chi connectivity index (χ3n) is 8.50. The monoisotopic (exact) mass is 692 g/mol. The first-order valence-corrected chi connectivity index (χ1v) is 16.2. The van der Waals surface area contributed by atoms with E-state index in [2.05, 4.69) is 26.3 Å². The largest absolute Gasteiger partial charge is 0.492 e. The maximum Gasteiger partial charge on any atom is 0.275 e. The van der Waals surface area contributed by atoms with Gasteiger partial charge in [0.25, 0.3) is 11.8 Å². The lowest BCUT2D eigenvalue weighted by Gasteiger charge is -2.41. The molecule has 3 atom stereocenters. The first-order valence-electron chi connectivity index (χ1n) is 16.2. The van der Waals surface area contributed by atoms with Crippen LogP contribution in [0.4, 0.5) is 8.78 Å². The Morgan fingerprint density at radius 2 is 1.54 bits per heavy atom. The number of aromatic nitrogens is 1. The molecule has 0 unspecified atom stereocenters. The molecule has 5 amide bonds. The molecule has 1 aromatic heterocycles. The Labute approximate surface area is 287 Å². The number of hydrogen-bond acceptors (Lipinski definition) is 8. The van der Waals surface area contributed by atoms with Gasteiger partial charge in [-0.2, -0.15) is 0 Å². The van der Waals surface area contributed by atoms with E-state index < -0.39 is 70.6 Å². The highest BCUT2D eigenvalue weighted by Gasteiger charge is 2.46. The molecule has 1 spiro atoms. The van der Waals surface area contributed by atoms with Crippen molar-refractivity contribution in [2.45, 2.75) is 56.8 Å². The molecule has 3 aromatic rings. The molecule has 1 saturated heterocycles. The van der Waals surface area contributed by atoms with Gasteiger partial charge in [0.15, 0.2) is 17.1 Å². The zero-order valence-electron chi connectivity index (χ0n) is 27.5. The van der Waals surface area contributed by atoms with Crippen molar-refractivity contribution in [1.29, 1.82) is 0 Å². The predicted molar refractivity (Wildman–Crippen MR) is 175 cm³/mol. The number of carbonyl (C=O) groups excluding carboxylic acids is 5. The van der Waals surface area contributed by atoms with Gasteiger partial charge in [-0.1, -0.05) is 30.3 Å². The van der Waals surface area contributed by atoms with E-state index in [0.717, 1.165) is 11.8 Å². The fraction of sp³-hybridized carbons (Fsp3) is 0.371. The summed E-state index contributed by atoms with van der Waals surface area (Å²) in [5, 5.41) is 10.8. The SMILES string of the molecule is C[C@@H]1NC(=O)[C@H](Cc2ccccc2)NC(=O)[C@H](C)NC(=O)C2(CCN(C(=O)c3ncc(F)cc3F)CC2)Oc2ccc(cc2)OCCNC1=O. The number of likely N-dealkylation sites (tertiary alicyclic amines) is 1. The number of carbonyl (C=O) groups is 5. The number of benzene rings is 2. The number of ether oxygens (including phenoxy) is 2. The smallest absolute Gasteiger partial charge is 0.275 e. The van der Waals surface area contributed by atoms with E-state index in [1.807, 2.05) is 6.07 Å². The van der Waals surface area contributed by atoms with Crippen LogP contribution in [-0.2, 0) is 25.6 Å². The summed E-state index contributed by atoms with van der Waals surface area (Å²) in [5.41, 5.74) is -1.36. The second kappa shape index (κ2) is 15.7. The number of halogens is 2. The zero-order chi connectivity index (χ0) is 35.8. The van der Waals surface area contributed by atoms with Crippen molar-refractivity contribution in [2.75, 3.05) is 26.2 Å². The van der Waals surface area contributed by atoms with Crippen molar-refractivity contribution < 1.29 is 42.2 Å². The van der Waals surface area contributed by atoms with Crippen LogP contribution in [-0.4, -0.2) is 89.4 Å². The van der Waals surface area contributed by atoms with E-state index in [4.69, 9.17) is 9.47 Å². The number of piperidine rings is 1. The quantitative estimate of drug-likeness (QED) is 0.301. The molecule has 15 heteroatoms. The van der Waals surface area contributed by atoms with Crippen molar-refractivity contribution in [2.24, 2.45) is 0 Å². The lowest BCUT2D eigenvalue weighted by molar-refractivity contribution is -0.143. The van der Waals surface area contributed by atoms with E-state index in [1.54, 1.807) is 48.5 Å². The highest BCUT2D eigenvalue weighted by Crippen LogP contribution is 2.31. The molecule has 2 bridgehead atoms. The maximum atomic E-state index is 14.4. The molecule has 2 aromatic carbocycles. The van der Waals surface area contributed by atoms with Crippen molar-refractivity contribution in [3.8, 4) is 11.5 Å². The first-order chi connectivity index (χ1) is 23.9. The van der Waals surface area contributed by atoms with Crippen molar-refractivity contribution >= 4 is 29.5 Å². The summed E-state index contributed by atoms with van der Waals surface area (Å²) in [7, 11) is 0. The minimum absolute atomic E-state index is 0.0450. The van der Waals surface area contributed by atoms with Crippen LogP contribution in [0.1, 0.15) is 42.7 Å². The second-order valence-corrected chi connectivity index (χ2v) is 12.2. The Hall–Kier alpha value is -5.60. The maximum absolute atomic E-state index is 14.4. The minimum atomic E-state index is -1.57. The molecule has 3 aliphatic heterocycles. The molecule has 3 aliphatic rings. The Balaban J connectivity index is 1.39. The van der Waals surface area contributed by atoms with Gasteiger partial charge >= 0.3 is 0 Å². The molecule has 13 nitrogen and oxygen atoms in total. The summed E-state index contributed by atoms with van der Waals surface area (Å²) in [6.07, 6.45) is 0.766. The van der Waals surface area contributed by atoms with Crippen LogP contribution in [0.5, 0.6) is 11.5 Å². The Morgan fingerprint density at radius 3 is 2.22 bits per heavy atom. The molecule has 6 rings (SSSR count). The third-order valence-corrected chi connectivity index (χ3v) is 8.50. The van der Waals surface area contributed by atoms with Crippen molar-refractivity contribution in [3.63, 3.8) is 0 Å². The molecular formula is C35H38F2N6O7. The standard InChI is InChI=1S/C35H38F2N6O7/c1-21-30(44)38-14-17-49-25-8-10-26(11-9-25)50-35(12-15-43(16-13-35)33(47)29-27(37)19-24(36)20-39-29)34(48)41-22(2)31(45)42-28(32(46)40-21)18-23-6-4-3-5-7-23/h3-11,19-22,28H,12-18H2,1-2H3,(H,38,44)(H,40,46)(H,41,48)(H,42,45)/t21-,22-,28-/m0/s1. The minimum Gasteiger partial charge on any atom is -0.492 e. The van der Waals surface area contributed by atoms with Gasteiger partial charge in [0, 0.05) is 38.4 Å². The highest BCUT2D eigenvalue weighted by molar-refractivity contribution is 5.96. The lowest BCUT2D eigenvalue weighted by Crippen LogP contribution is -2.61. The van der Waals surface area contributed by atoms with Gasteiger partial charge in [0.05, 0.1) is 12.7 Å². The van der Waals surface area contributed by atoms with Gasteiger partial charge in [-0.3, -0.25) is 24.0 Å². The average Bonchev–Trinajstić information content (AvgIpc) is 3.10. The van der Waals surface area contributed by atoms with Gasteiger partial charge in [0.2, 0.25) is 17.7 Å². The Kier molecular flexibility index (Phi) is 11.2. The molecule has 0 aliphatic carbocycles. The molecule has 4 heterocycles. The van der Waals surface area contributed by atoms with Crippen LogP contribution < -0.4 is 30.7 Å². The highest BCUT2D eigenvalue weighted by atomic mass is 19.1. The molecule has 264 valence electrons. The van der Waals surface area contributed by atoms with E-state index >= 15 is 0 Å². The molecule has 50 heavy (non-hydrogen) atoms. The summed E-state index contributed by atoms with van der Waals surface area (Å²) in [4.78, 5) is 71.5. The number of nitrogens with one attached hydrogen (secondary N) is 4. The number of fused-ring (bicyclic) bond motifs is 15. The lowest BCUT2D eigenvalue weighted by atomic mass is 9.89. The number of pyridine rings is 1. The molecular weight excluding hydrogens is 654 g/mol. The van der Waals surface area contributed by atoms with Gasteiger partial charge in [0.1, 0.15) is 42.0 Å². The van der Waals surface area contributed by atoms with E-state index in [1.165, 1.54) is 18.7 Å². The van der Waals surface area contributed by atoms with Crippen molar-refractivity contribution in [1.82, 2.24) is 31.2 Å². The van der Waals surface area contributed by atoms with Crippen LogP contribution in [0.15, 0.2) is 66.9 Å². The summed E-state index contributed by atoms with van der Waals surface area (Å²) >= 11 is 0. The molecule has 0 saturated carbocycles. The van der Waals surface area contributed by atoms with Crippen molar-refractivity contribution in [3.05, 3.63) is 89.8 Å². The fourth-order valence-corrected chi connectivity index (χ4v) is 5.62. The summed E-state index contributed by atoms with van der Waals surface area (Å²) in [6.45, 7) is 3.15. The van der Waals surface area contributed by atoms with E-state index in [-0.39, 0.29) is 45.5 Å². The van der Waals surface area contributed by atoms with E-state index in [0.29, 0.717) is 17.6 Å².